The van der Waals surface area contributed by atoms with Crippen molar-refractivity contribution in [2.24, 2.45) is 5.92 Å². The summed E-state index contributed by atoms with van der Waals surface area (Å²) in [6.07, 6.45) is 3.68. The predicted molar refractivity (Wildman–Crippen MR) is 84.2 cm³/mol. The molecule has 22 heavy (non-hydrogen) atoms. The molecule has 0 saturated heterocycles. The molecule has 3 rings (SSSR count). The highest BCUT2D eigenvalue weighted by Gasteiger charge is 2.19. The van der Waals surface area contributed by atoms with Gasteiger partial charge in [-0.15, -0.1) is 0 Å². The Morgan fingerprint density at radius 3 is 2.82 bits per heavy atom. The first kappa shape index (κ1) is 15.0. The molecule has 1 heterocycles. The van der Waals surface area contributed by atoms with Crippen LogP contribution in [0.25, 0.3) is 0 Å². The third-order valence-electron chi connectivity index (χ3n) is 3.87. The number of benzene rings is 1. The Balaban J connectivity index is 1.52. The molecule has 4 nitrogen and oxygen atoms in total. The van der Waals surface area contributed by atoms with Gasteiger partial charge in [0.2, 0.25) is 0 Å². The number of amides is 1. The summed E-state index contributed by atoms with van der Waals surface area (Å²) < 4.78 is 11.1. The highest BCUT2D eigenvalue weighted by Crippen LogP contribution is 2.26. The third kappa shape index (κ3) is 3.63. The fourth-order valence-corrected chi connectivity index (χ4v) is 2.50. The number of para-hydroxylation sites is 1. The molecule has 0 bridgehead atoms. The number of furan rings is 1. The van der Waals surface area contributed by atoms with E-state index in [-0.39, 0.29) is 12.5 Å². The number of halogens is 1. The van der Waals surface area contributed by atoms with Crippen molar-refractivity contribution in [1.82, 2.24) is 5.32 Å². The molecule has 2 aromatic rings. The van der Waals surface area contributed by atoms with Crippen LogP contribution in [0.4, 0.5) is 0 Å². The monoisotopic (exact) mass is 319 g/mol. The first-order chi connectivity index (χ1) is 10.7. The quantitative estimate of drug-likeness (QED) is 0.874. The van der Waals surface area contributed by atoms with E-state index in [2.05, 4.69) is 5.32 Å². The van der Waals surface area contributed by atoms with Gasteiger partial charge >= 0.3 is 0 Å². The maximum atomic E-state index is 12.0. The highest BCUT2D eigenvalue weighted by molar-refractivity contribution is 6.32. The summed E-state index contributed by atoms with van der Waals surface area (Å²) in [5.41, 5.74) is 0. The molecule has 1 amide bonds. The maximum Gasteiger partial charge on any atom is 0.287 e. The van der Waals surface area contributed by atoms with Crippen molar-refractivity contribution >= 4 is 17.5 Å². The van der Waals surface area contributed by atoms with Crippen molar-refractivity contribution in [2.75, 3.05) is 6.54 Å². The fourth-order valence-electron chi connectivity index (χ4n) is 2.31. The Kier molecular flexibility index (Phi) is 4.68. The molecule has 0 aliphatic heterocycles. The smallest absolute Gasteiger partial charge is 0.287 e. The van der Waals surface area contributed by atoms with E-state index in [1.165, 1.54) is 19.3 Å². The average Bonchev–Trinajstić information content (AvgIpc) is 2.93. The number of hydrogen-bond acceptors (Lipinski definition) is 3. The van der Waals surface area contributed by atoms with Gasteiger partial charge in [0, 0.05) is 6.54 Å². The molecule has 1 N–H and O–H groups in total. The second-order valence-corrected chi connectivity index (χ2v) is 5.90. The summed E-state index contributed by atoms with van der Waals surface area (Å²) in [6, 6.07) is 10.7. The maximum absolute atomic E-state index is 12.0. The van der Waals surface area contributed by atoms with Crippen LogP contribution in [-0.4, -0.2) is 12.5 Å². The Hall–Kier alpha value is -1.94. The number of rotatable bonds is 6. The molecule has 1 aliphatic rings. The summed E-state index contributed by atoms with van der Waals surface area (Å²) in [5.74, 6) is 1.96. The van der Waals surface area contributed by atoms with Crippen LogP contribution in [0, 0.1) is 5.92 Å². The van der Waals surface area contributed by atoms with Gasteiger partial charge in [0.15, 0.2) is 5.76 Å². The van der Waals surface area contributed by atoms with Gasteiger partial charge in [-0.1, -0.05) is 30.2 Å². The summed E-state index contributed by atoms with van der Waals surface area (Å²) in [6.45, 7) is 0.963. The molecule has 1 saturated carbocycles. The van der Waals surface area contributed by atoms with Crippen LogP contribution in [-0.2, 0) is 6.61 Å². The largest absolute Gasteiger partial charge is 0.484 e. The molecular formula is C17H18ClNO3. The zero-order chi connectivity index (χ0) is 15.4. The first-order valence-electron chi connectivity index (χ1n) is 7.46. The van der Waals surface area contributed by atoms with E-state index in [0.717, 1.165) is 6.54 Å². The van der Waals surface area contributed by atoms with Crippen molar-refractivity contribution in [3.05, 3.63) is 52.9 Å². The lowest BCUT2D eigenvalue weighted by Gasteiger charge is -2.25. The zero-order valence-electron chi connectivity index (χ0n) is 12.2. The lowest BCUT2D eigenvalue weighted by molar-refractivity contribution is 0.0907. The lowest BCUT2D eigenvalue weighted by atomic mass is 9.85. The molecule has 5 heteroatoms. The minimum Gasteiger partial charge on any atom is -0.484 e. The minimum atomic E-state index is -0.170. The second-order valence-electron chi connectivity index (χ2n) is 5.49. The van der Waals surface area contributed by atoms with Crippen LogP contribution in [0.1, 0.15) is 35.6 Å². The predicted octanol–water partition coefficient (Wildman–Crippen LogP) is 4.04. The van der Waals surface area contributed by atoms with Crippen LogP contribution in [0.3, 0.4) is 0 Å². The standard InChI is InChI=1S/C17H18ClNO3/c18-14-6-1-2-7-15(14)21-11-13-8-9-16(22-13)17(20)19-10-12-4-3-5-12/h1-2,6-9,12H,3-5,10-11H2,(H,19,20). The first-order valence-corrected chi connectivity index (χ1v) is 7.84. The second kappa shape index (κ2) is 6.88. The van der Waals surface area contributed by atoms with Crippen LogP contribution in [0.5, 0.6) is 5.75 Å². The molecule has 1 aromatic heterocycles. The van der Waals surface area contributed by atoms with Crippen LogP contribution < -0.4 is 10.1 Å². The van der Waals surface area contributed by atoms with Gasteiger partial charge in [-0.05, 0) is 43.0 Å². The molecule has 1 aliphatic carbocycles. The van der Waals surface area contributed by atoms with Crippen LogP contribution >= 0.6 is 11.6 Å². The van der Waals surface area contributed by atoms with Gasteiger partial charge in [0.1, 0.15) is 18.1 Å². The number of hydrogen-bond donors (Lipinski definition) is 1. The number of ether oxygens (including phenoxy) is 1. The van der Waals surface area contributed by atoms with E-state index in [1.807, 2.05) is 12.1 Å². The van der Waals surface area contributed by atoms with E-state index in [4.69, 9.17) is 20.8 Å². The van der Waals surface area contributed by atoms with E-state index < -0.39 is 0 Å². The molecule has 0 unspecified atom stereocenters. The van der Waals surface area contributed by atoms with Crippen molar-refractivity contribution in [3.63, 3.8) is 0 Å². The highest BCUT2D eigenvalue weighted by atomic mass is 35.5. The van der Waals surface area contributed by atoms with Gasteiger partial charge in [0.25, 0.3) is 5.91 Å². The van der Waals surface area contributed by atoms with E-state index in [0.29, 0.717) is 28.2 Å². The summed E-state index contributed by atoms with van der Waals surface area (Å²) >= 11 is 6.02. The Morgan fingerprint density at radius 1 is 1.27 bits per heavy atom. The van der Waals surface area contributed by atoms with Gasteiger partial charge in [-0.2, -0.15) is 0 Å². The average molecular weight is 320 g/mol. The molecule has 0 spiro atoms. The fraction of sp³-hybridized carbons (Fsp3) is 0.353. The molecule has 0 radical (unpaired) electrons. The normalized spacial score (nSPS) is 14.4. The van der Waals surface area contributed by atoms with E-state index >= 15 is 0 Å². The van der Waals surface area contributed by atoms with Crippen molar-refractivity contribution < 1.29 is 13.9 Å². The lowest BCUT2D eigenvalue weighted by Crippen LogP contribution is -2.31. The number of nitrogens with one attached hydrogen (secondary N) is 1. The summed E-state index contributed by atoms with van der Waals surface area (Å²) in [7, 11) is 0. The SMILES string of the molecule is O=C(NCC1CCC1)c1ccc(COc2ccccc2Cl)o1. The van der Waals surface area contributed by atoms with Crippen molar-refractivity contribution in [3.8, 4) is 5.75 Å². The van der Waals surface area contributed by atoms with E-state index in [9.17, 15) is 4.79 Å². The third-order valence-corrected chi connectivity index (χ3v) is 4.18. The molecule has 1 aromatic carbocycles. The van der Waals surface area contributed by atoms with E-state index in [1.54, 1.807) is 24.3 Å². The van der Waals surface area contributed by atoms with Gasteiger partial charge < -0.3 is 14.5 Å². The Labute approximate surface area is 134 Å². The zero-order valence-corrected chi connectivity index (χ0v) is 12.9. The summed E-state index contributed by atoms with van der Waals surface area (Å²) in [4.78, 5) is 12.0. The van der Waals surface area contributed by atoms with Crippen LogP contribution in [0.15, 0.2) is 40.8 Å². The molecule has 0 atom stereocenters. The van der Waals surface area contributed by atoms with Gasteiger partial charge in [-0.25, -0.2) is 0 Å². The summed E-state index contributed by atoms with van der Waals surface area (Å²) in [5, 5.41) is 3.45. The topological polar surface area (TPSA) is 51.5 Å². The van der Waals surface area contributed by atoms with Crippen molar-refractivity contribution in [2.45, 2.75) is 25.9 Å². The molecule has 1 fully saturated rings. The molecular weight excluding hydrogens is 302 g/mol. The Morgan fingerprint density at radius 2 is 2.09 bits per heavy atom. The number of carbonyl (C=O) groups is 1. The molecule has 116 valence electrons. The minimum absolute atomic E-state index is 0.170. The number of carbonyl (C=O) groups excluding carboxylic acids is 1. The van der Waals surface area contributed by atoms with Crippen molar-refractivity contribution in [1.29, 1.82) is 0 Å². The van der Waals surface area contributed by atoms with Gasteiger partial charge in [0.05, 0.1) is 5.02 Å². The van der Waals surface area contributed by atoms with Gasteiger partial charge in [-0.3, -0.25) is 4.79 Å². The van der Waals surface area contributed by atoms with Crippen LogP contribution in [0.2, 0.25) is 5.02 Å². The Bertz CT molecular complexity index is 649.